The summed E-state index contributed by atoms with van der Waals surface area (Å²) in [5, 5.41) is 13.4. The zero-order valence-electron chi connectivity index (χ0n) is 12.3. The summed E-state index contributed by atoms with van der Waals surface area (Å²) in [5.74, 6) is 1.19. The number of benzene rings is 1. The smallest absolute Gasteiger partial charge is 0.238 e. The molecule has 0 aliphatic rings. The Kier molecular flexibility index (Phi) is 3.75. The third kappa shape index (κ3) is 2.97. The molecule has 0 saturated heterocycles. The lowest BCUT2D eigenvalue weighted by Crippen LogP contribution is -2.07. The Labute approximate surface area is 127 Å². The van der Waals surface area contributed by atoms with Crippen LogP contribution in [0.5, 0.6) is 0 Å². The second-order valence-corrected chi connectivity index (χ2v) is 5.96. The van der Waals surface area contributed by atoms with Crippen LogP contribution in [0.1, 0.15) is 30.3 Å². The molecule has 3 aromatic rings. The van der Waals surface area contributed by atoms with Gasteiger partial charge in [-0.3, -0.25) is 0 Å². The van der Waals surface area contributed by atoms with Gasteiger partial charge in [0.15, 0.2) is 0 Å². The van der Waals surface area contributed by atoms with E-state index in [2.05, 4.69) is 52.1 Å². The Morgan fingerprint density at radius 2 is 2.05 bits per heavy atom. The van der Waals surface area contributed by atoms with Crippen LogP contribution in [0.4, 0.5) is 5.69 Å². The number of aryl methyl sites for hydroxylation is 2. The van der Waals surface area contributed by atoms with Gasteiger partial charge in [-0.05, 0) is 48.6 Å². The molecule has 0 spiro atoms. The zero-order valence-corrected chi connectivity index (χ0v) is 13.1. The van der Waals surface area contributed by atoms with Gasteiger partial charge in [-0.25, -0.2) is 0 Å². The summed E-state index contributed by atoms with van der Waals surface area (Å²) in [6.45, 7) is 5.94. The minimum Gasteiger partial charge on any atom is -0.423 e. The van der Waals surface area contributed by atoms with Crippen LogP contribution in [0.25, 0.3) is 10.4 Å². The highest BCUT2D eigenvalue weighted by molar-refractivity contribution is 7.13. The van der Waals surface area contributed by atoms with Crippen molar-refractivity contribution >= 4 is 17.0 Å². The molecule has 5 heteroatoms. The van der Waals surface area contributed by atoms with E-state index >= 15 is 0 Å². The predicted octanol–water partition coefficient (Wildman–Crippen LogP) is 4.59. The molecule has 3 rings (SSSR count). The topological polar surface area (TPSA) is 51.0 Å². The largest absolute Gasteiger partial charge is 0.423 e. The maximum absolute atomic E-state index is 5.46. The van der Waals surface area contributed by atoms with E-state index in [0.29, 0.717) is 11.8 Å². The van der Waals surface area contributed by atoms with Crippen molar-refractivity contribution in [2.24, 2.45) is 0 Å². The number of nitrogens with zero attached hydrogens (tertiary/aromatic N) is 2. The van der Waals surface area contributed by atoms with E-state index in [-0.39, 0.29) is 6.04 Å². The SMILES string of the molecule is Cc1nnc([C@H](C)Nc2cccc(-c3sccc3C)c2)o1. The van der Waals surface area contributed by atoms with Gasteiger partial charge in [-0.15, -0.1) is 21.5 Å². The molecule has 108 valence electrons. The number of aromatic nitrogens is 2. The molecule has 0 aliphatic carbocycles. The van der Waals surface area contributed by atoms with Gasteiger partial charge < -0.3 is 9.73 Å². The molecule has 2 aromatic heterocycles. The van der Waals surface area contributed by atoms with Gasteiger partial charge in [-0.1, -0.05) is 12.1 Å². The van der Waals surface area contributed by atoms with Crippen LogP contribution in [0.3, 0.4) is 0 Å². The van der Waals surface area contributed by atoms with Crippen LogP contribution >= 0.6 is 11.3 Å². The third-order valence-corrected chi connectivity index (χ3v) is 4.35. The Balaban J connectivity index is 1.82. The first kappa shape index (κ1) is 13.8. The number of anilines is 1. The molecule has 0 fully saturated rings. The molecule has 1 aromatic carbocycles. The summed E-state index contributed by atoms with van der Waals surface area (Å²) >= 11 is 1.76. The number of thiophene rings is 1. The fourth-order valence-corrected chi connectivity index (χ4v) is 3.14. The Hall–Kier alpha value is -2.14. The van der Waals surface area contributed by atoms with Crippen LogP contribution in [0, 0.1) is 13.8 Å². The molecule has 21 heavy (non-hydrogen) atoms. The van der Waals surface area contributed by atoms with Crippen LogP contribution in [-0.4, -0.2) is 10.2 Å². The molecule has 0 saturated carbocycles. The Morgan fingerprint density at radius 3 is 2.71 bits per heavy atom. The second kappa shape index (κ2) is 5.69. The quantitative estimate of drug-likeness (QED) is 0.765. The normalized spacial score (nSPS) is 12.3. The lowest BCUT2D eigenvalue weighted by molar-refractivity contribution is 0.451. The second-order valence-electron chi connectivity index (χ2n) is 5.04. The van der Waals surface area contributed by atoms with E-state index in [1.54, 1.807) is 18.3 Å². The summed E-state index contributed by atoms with van der Waals surface area (Å²) in [5.41, 5.74) is 3.57. The summed E-state index contributed by atoms with van der Waals surface area (Å²) < 4.78 is 5.46. The monoisotopic (exact) mass is 299 g/mol. The first-order valence-electron chi connectivity index (χ1n) is 6.84. The lowest BCUT2D eigenvalue weighted by Gasteiger charge is -2.12. The predicted molar refractivity (Wildman–Crippen MR) is 85.6 cm³/mol. The first-order valence-corrected chi connectivity index (χ1v) is 7.72. The van der Waals surface area contributed by atoms with Gasteiger partial charge in [0.1, 0.15) is 6.04 Å². The number of nitrogens with one attached hydrogen (secondary N) is 1. The van der Waals surface area contributed by atoms with Crippen molar-refractivity contribution < 1.29 is 4.42 Å². The summed E-state index contributed by atoms with van der Waals surface area (Å²) in [4.78, 5) is 1.31. The van der Waals surface area contributed by atoms with E-state index in [1.807, 2.05) is 13.0 Å². The van der Waals surface area contributed by atoms with Crippen LogP contribution in [0.15, 0.2) is 40.1 Å². The van der Waals surface area contributed by atoms with E-state index in [0.717, 1.165) is 5.69 Å². The van der Waals surface area contributed by atoms with Crippen molar-refractivity contribution in [2.45, 2.75) is 26.8 Å². The Morgan fingerprint density at radius 1 is 1.19 bits per heavy atom. The maximum Gasteiger partial charge on any atom is 0.238 e. The molecule has 0 unspecified atom stereocenters. The van der Waals surface area contributed by atoms with Crippen molar-refractivity contribution in [3.63, 3.8) is 0 Å². The van der Waals surface area contributed by atoms with Gasteiger partial charge in [0.05, 0.1) is 0 Å². The summed E-state index contributed by atoms with van der Waals surface area (Å²) in [7, 11) is 0. The summed E-state index contributed by atoms with van der Waals surface area (Å²) in [6, 6.07) is 10.5. The van der Waals surface area contributed by atoms with Gasteiger partial charge in [0.2, 0.25) is 11.8 Å². The van der Waals surface area contributed by atoms with Crippen molar-refractivity contribution in [1.29, 1.82) is 0 Å². The fourth-order valence-electron chi connectivity index (χ4n) is 2.22. The zero-order chi connectivity index (χ0) is 14.8. The van der Waals surface area contributed by atoms with Crippen molar-refractivity contribution in [3.8, 4) is 10.4 Å². The molecule has 0 aliphatic heterocycles. The van der Waals surface area contributed by atoms with Gasteiger partial charge >= 0.3 is 0 Å². The molecule has 2 heterocycles. The number of hydrogen-bond acceptors (Lipinski definition) is 5. The highest BCUT2D eigenvalue weighted by atomic mass is 32.1. The van der Waals surface area contributed by atoms with E-state index in [1.165, 1.54) is 16.0 Å². The molecule has 1 atom stereocenters. The lowest BCUT2D eigenvalue weighted by atomic mass is 10.1. The van der Waals surface area contributed by atoms with Gasteiger partial charge in [0, 0.05) is 17.5 Å². The minimum atomic E-state index is -0.0223. The molecule has 1 N–H and O–H groups in total. The molecule has 0 bridgehead atoms. The van der Waals surface area contributed by atoms with E-state index in [4.69, 9.17) is 4.42 Å². The van der Waals surface area contributed by atoms with Crippen molar-refractivity contribution in [1.82, 2.24) is 10.2 Å². The third-order valence-electron chi connectivity index (χ3n) is 3.28. The van der Waals surface area contributed by atoms with Gasteiger partial charge in [-0.2, -0.15) is 0 Å². The van der Waals surface area contributed by atoms with E-state index < -0.39 is 0 Å². The molecule has 0 radical (unpaired) electrons. The fraction of sp³-hybridized carbons (Fsp3) is 0.250. The van der Waals surface area contributed by atoms with Crippen LogP contribution in [0.2, 0.25) is 0 Å². The standard InChI is InChI=1S/C16H17N3OS/c1-10-7-8-21-15(10)13-5-4-6-14(9-13)17-11(2)16-19-18-12(3)20-16/h4-9,11,17H,1-3H3/t11-/m0/s1. The van der Waals surface area contributed by atoms with Crippen molar-refractivity contribution in [2.75, 3.05) is 5.32 Å². The molecular formula is C16H17N3OS. The van der Waals surface area contributed by atoms with Crippen LogP contribution in [-0.2, 0) is 0 Å². The first-order chi connectivity index (χ1) is 10.1. The molecule has 0 amide bonds. The highest BCUT2D eigenvalue weighted by Crippen LogP contribution is 2.31. The van der Waals surface area contributed by atoms with E-state index in [9.17, 15) is 0 Å². The molecular weight excluding hydrogens is 282 g/mol. The van der Waals surface area contributed by atoms with Gasteiger partial charge in [0.25, 0.3) is 0 Å². The van der Waals surface area contributed by atoms with Crippen LogP contribution < -0.4 is 5.32 Å². The maximum atomic E-state index is 5.46. The number of rotatable bonds is 4. The average Bonchev–Trinajstić information content (AvgIpc) is 3.08. The average molecular weight is 299 g/mol. The molecule has 4 nitrogen and oxygen atoms in total. The van der Waals surface area contributed by atoms with Crippen molar-refractivity contribution in [3.05, 3.63) is 53.1 Å². The minimum absolute atomic E-state index is 0.0223. The Bertz CT molecular complexity index is 747. The number of hydrogen-bond donors (Lipinski definition) is 1. The summed E-state index contributed by atoms with van der Waals surface area (Å²) in [6.07, 6.45) is 0. The highest BCUT2D eigenvalue weighted by Gasteiger charge is 2.12.